The van der Waals surface area contributed by atoms with Gasteiger partial charge >= 0.3 is 0 Å². The van der Waals surface area contributed by atoms with Crippen molar-refractivity contribution in [3.05, 3.63) is 42.0 Å². The van der Waals surface area contributed by atoms with Crippen LogP contribution < -0.4 is 4.90 Å². The van der Waals surface area contributed by atoms with Gasteiger partial charge < -0.3 is 10.0 Å². The number of fused-ring (bicyclic) bond motifs is 3. The quantitative estimate of drug-likeness (QED) is 0.761. The van der Waals surface area contributed by atoms with Crippen LogP contribution in [0.15, 0.2) is 36.4 Å². The first-order chi connectivity index (χ1) is 8.92. The smallest absolute Gasteiger partial charge is 0.125 e. The molecule has 0 aliphatic carbocycles. The highest BCUT2D eigenvalue weighted by Gasteiger charge is 2.31. The second kappa shape index (κ2) is 3.77. The van der Waals surface area contributed by atoms with Gasteiger partial charge in [-0.05, 0) is 37.8 Å². The molecule has 1 aliphatic heterocycles. The van der Waals surface area contributed by atoms with Gasteiger partial charge in [0.05, 0.1) is 11.2 Å². The monoisotopic (exact) mass is 253 g/mol. The third-order valence-electron chi connectivity index (χ3n) is 4.17. The van der Waals surface area contributed by atoms with Gasteiger partial charge in [0, 0.05) is 18.0 Å². The molecule has 1 heterocycles. The van der Waals surface area contributed by atoms with E-state index in [0.717, 1.165) is 22.2 Å². The lowest BCUT2D eigenvalue weighted by atomic mass is 9.87. The topological polar surface area (TPSA) is 23.5 Å². The van der Waals surface area contributed by atoms with Crippen LogP contribution in [0.25, 0.3) is 16.3 Å². The Hall–Kier alpha value is -1.96. The zero-order chi connectivity index (χ0) is 13.8. The number of hydrogen-bond acceptors (Lipinski definition) is 2. The van der Waals surface area contributed by atoms with Gasteiger partial charge in [0.1, 0.15) is 5.75 Å². The molecule has 19 heavy (non-hydrogen) atoms. The minimum absolute atomic E-state index is 0.0480. The lowest BCUT2D eigenvalue weighted by molar-refractivity contribution is 0.472. The average Bonchev–Trinajstić information content (AvgIpc) is 2.34. The van der Waals surface area contributed by atoms with Crippen LogP contribution in [0.4, 0.5) is 5.69 Å². The standard InChI is InChI=1S/C17H19NO/c1-11-10-17(2,3)18(4)16-13-8-6-5-7-12(13)9-14(19)15(11)16/h5-10,19H,1-4H3. The molecular weight excluding hydrogens is 234 g/mol. The normalized spacial score (nSPS) is 17.3. The molecule has 0 saturated carbocycles. The number of aromatic hydroxyl groups is 1. The van der Waals surface area contributed by atoms with Crippen LogP contribution >= 0.6 is 0 Å². The van der Waals surface area contributed by atoms with E-state index in [1.807, 2.05) is 24.3 Å². The minimum Gasteiger partial charge on any atom is -0.507 e. The number of hydrogen-bond donors (Lipinski definition) is 1. The van der Waals surface area contributed by atoms with Crippen molar-refractivity contribution in [2.75, 3.05) is 11.9 Å². The molecule has 2 heteroatoms. The molecule has 0 fully saturated rings. The largest absolute Gasteiger partial charge is 0.507 e. The summed E-state index contributed by atoms with van der Waals surface area (Å²) in [6.07, 6.45) is 2.21. The highest BCUT2D eigenvalue weighted by atomic mass is 16.3. The Balaban J connectivity index is 2.47. The molecule has 1 N–H and O–H groups in total. The SMILES string of the molecule is CC1=CC(C)(C)N(C)c2c1c(O)cc1ccccc21. The maximum Gasteiger partial charge on any atom is 0.125 e. The number of rotatable bonds is 0. The Labute approximate surface area is 114 Å². The number of anilines is 1. The first-order valence-electron chi connectivity index (χ1n) is 6.60. The second-order valence-corrected chi connectivity index (χ2v) is 5.88. The predicted molar refractivity (Wildman–Crippen MR) is 81.7 cm³/mol. The molecule has 0 aromatic heterocycles. The van der Waals surface area contributed by atoms with E-state index >= 15 is 0 Å². The van der Waals surface area contributed by atoms with E-state index in [-0.39, 0.29) is 5.54 Å². The summed E-state index contributed by atoms with van der Waals surface area (Å²) >= 11 is 0. The number of phenolic OH excluding ortho intramolecular Hbond substituents is 1. The van der Waals surface area contributed by atoms with Gasteiger partial charge in [-0.15, -0.1) is 0 Å². The zero-order valence-electron chi connectivity index (χ0n) is 11.9. The summed E-state index contributed by atoms with van der Waals surface area (Å²) in [5, 5.41) is 12.6. The number of benzene rings is 2. The van der Waals surface area contributed by atoms with Crippen LogP contribution in [0.1, 0.15) is 26.3 Å². The molecule has 2 aromatic rings. The Bertz CT molecular complexity index is 698. The van der Waals surface area contributed by atoms with Crippen molar-refractivity contribution in [3.63, 3.8) is 0 Å². The lowest BCUT2D eigenvalue weighted by Gasteiger charge is -2.41. The third kappa shape index (κ3) is 1.63. The molecule has 2 aromatic carbocycles. The number of allylic oxidation sites excluding steroid dienone is 1. The Morgan fingerprint density at radius 1 is 1.16 bits per heavy atom. The summed E-state index contributed by atoms with van der Waals surface area (Å²) in [5.74, 6) is 0.366. The van der Waals surface area contributed by atoms with E-state index in [1.54, 1.807) is 0 Å². The summed E-state index contributed by atoms with van der Waals surface area (Å²) in [4.78, 5) is 2.25. The van der Waals surface area contributed by atoms with Crippen molar-refractivity contribution in [1.29, 1.82) is 0 Å². The van der Waals surface area contributed by atoms with Crippen LogP contribution in [0, 0.1) is 0 Å². The molecule has 1 aliphatic rings. The fourth-order valence-electron chi connectivity index (χ4n) is 3.04. The minimum atomic E-state index is -0.0480. The number of phenols is 1. The Kier molecular flexibility index (Phi) is 2.40. The van der Waals surface area contributed by atoms with Gasteiger partial charge in [-0.1, -0.05) is 30.3 Å². The fourth-order valence-corrected chi connectivity index (χ4v) is 3.04. The second-order valence-electron chi connectivity index (χ2n) is 5.88. The summed E-state index contributed by atoms with van der Waals surface area (Å²) in [6.45, 7) is 6.46. The predicted octanol–water partition coefficient (Wildman–Crippen LogP) is 4.18. The number of nitrogens with zero attached hydrogens (tertiary/aromatic N) is 1. The summed E-state index contributed by atoms with van der Waals surface area (Å²) < 4.78 is 0. The highest BCUT2D eigenvalue weighted by molar-refractivity contribution is 6.03. The van der Waals surface area contributed by atoms with Crippen molar-refractivity contribution in [2.24, 2.45) is 0 Å². The molecule has 0 atom stereocenters. The lowest BCUT2D eigenvalue weighted by Crippen LogP contribution is -2.42. The first-order valence-corrected chi connectivity index (χ1v) is 6.60. The summed E-state index contributed by atoms with van der Waals surface area (Å²) in [7, 11) is 2.09. The van der Waals surface area contributed by atoms with Crippen molar-refractivity contribution in [1.82, 2.24) is 0 Å². The van der Waals surface area contributed by atoms with Gasteiger partial charge in [0.15, 0.2) is 0 Å². The van der Waals surface area contributed by atoms with E-state index in [1.165, 1.54) is 5.39 Å². The molecule has 0 bridgehead atoms. The maximum absolute atomic E-state index is 10.3. The Morgan fingerprint density at radius 3 is 2.58 bits per heavy atom. The van der Waals surface area contributed by atoms with E-state index in [9.17, 15) is 5.11 Å². The van der Waals surface area contributed by atoms with Crippen molar-refractivity contribution in [3.8, 4) is 5.75 Å². The van der Waals surface area contributed by atoms with Crippen LogP contribution in [0.5, 0.6) is 5.75 Å². The third-order valence-corrected chi connectivity index (χ3v) is 4.17. The fraction of sp³-hybridized carbons (Fsp3) is 0.294. The molecule has 0 amide bonds. The van der Waals surface area contributed by atoms with E-state index < -0.39 is 0 Å². The van der Waals surface area contributed by atoms with Crippen molar-refractivity contribution >= 4 is 22.0 Å². The van der Waals surface area contributed by atoms with Gasteiger partial charge in [0.25, 0.3) is 0 Å². The van der Waals surface area contributed by atoms with E-state index in [2.05, 4.69) is 44.9 Å². The molecule has 98 valence electrons. The molecule has 3 rings (SSSR count). The van der Waals surface area contributed by atoms with E-state index in [0.29, 0.717) is 5.75 Å². The molecule has 0 radical (unpaired) electrons. The van der Waals surface area contributed by atoms with E-state index in [4.69, 9.17) is 0 Å². The summed E-state index contributed by atoms with van der Waals surface area (Å²) in [6, 6.07) is 10.1. The van der Waals surface area contributed by atoms with Crippen molar-refractivity contribution < 1.29 is 5.11 Å². The van der Waals surface area contributed by atoms with Gasteiger partial charge in [0.2, 0.25) is 0 Å². The average molecular weight is 253 g/mol. The molecule has 0 unspecified atom stereocenters. The van der Waals surface area contributed by atoms with Crippen LogP contribution in [-0.2, 0) is 0 Å². The van der Waals surface area contributed by atoms with Crippen LogP contribution in [0.2, 0.25) is 0 Å². The van der Waals surface area contributed by atoms with Crippen molar-refractivity contribution in [2.45, 2.75) is 26.3 Å². The van der Waals surface area contributed by atoms with Crippen LogP contribution in [-0.4, -0.2) is 17.7 Å². The first kappa shape index (κ1) is 12.1. The maximum atomic E-state index is 10.3. The Morgan fingerprint density at radius 2 is 1.84 bits per heavy atom. The zero-order valence-corrected chi connectivity index (χ0v) is 11.9. The summed E-state index contributed by atoms with van der Waals surface area (Å²) in [5.41, 5.74) is 3.18. The van der Waals surface area contributed by atoms with Gasteiger partial charge in [-0.2, -0.15) is 0 Å². The molecule has 0 saturated heterocycles. The van der Waals surface area contributed by atoms with Crippen LogP contribution in [0.3, 0.4) is 0 Å². The van der Waals surface area contributed by atoms with Gasteiger partial charge in [-0.3, -0.25) is 0 Å². The van der Waals surface area contributed by atoms with Gasteiger partial charge in [-0.25, -0.2) is 0 Å². The molecular formula is C17H19NO. The highest BCUT2D eigenvalue weighted by Crippen LogP contribution is 2.46. The molecule has 0 spiro atoms. The number of likely N-dealkylation sites (N-methyl/N-ethyl adjacent to an activating group) is 1. The molecule has 2 nitrogen and oxygen atoms in total.